The number of amides is 1. The van der Waals surface area contributed by atoms with E-state index in [0.29, 0.717) is 21.4 Å². The molecule has 3 rings (SSSR count). The number of nitrogens with zero attached hydrogens (tertiary/aromatic N) is 1. The number of benzene rings is 2. The first kappa shape index (κ1) is 18.6. The third-order valence-electron chi connectivity index (χ3n) is 3.66. The number of sulfonamides is 1. The molecule has 0 unspecified atom stereocenters. The number of fused-ring (bicyclic) bond motifs is 1. The molecule has 26 heavy (non-hydrogen) atoms. The van der Waals surface area contributed by atoms with Crippen molar-refractivity contribution in [2.45, 2.75) is 11.3 Å². The summed E-state index contributed by atoms with van der Waals surface area (Å²) in [6.45, 7) is 0. The van der Waals surface area contributed by atoms with Crippen molar-refractivity contribution < 1.29 is 13.2 Å². The maximum Gasteiger partial charge on any atom is 0.238 e. The van der Waals surface area contributed by atoms with Gasteiger partial charge in [0.1, 0.15) is 5.15 Å². The van der Waals surface area contributed by atoms with Crippen molar-refractivity contribution in [3.8, 4) is 0 Å². The zero-order valence-corrected chi connectivity index (χ0v) is 15.6. The van der Waals surface area contributed by atoms with Gasteiger partial charge >= 0.3 is 0 Å². The van der Waals surface area contributed by atoms with Crippen molar-refractivity contribution in [1.29, 1.82) is 0 Å². The molecule has 0 fully saturated rings. The average molecular weight is 410 g/mol. The number of nitrogens with one attached hydrogen (secondary N) is 1. The summed E-state index contributed by atoms with van der Waals surface area (Å²) >= 11 is 11.9. The Morgan fingerprint density at radius 2 is 1.88 bits per heavy atom. The highest BCUT2D eigenvalue weighted by Gasteiger charge is 2.16. The van der Waals surface area contributed by atoms with Crippen molar-refractivity contribution in [2.75, 3.05) is 5.32 Å². The van der Waals surface area contributed by atoms with E-state index < -0.39 is 10.0 Å². The number of rotatable bonds is 4. The lowest BCUT2D eigenvalue weighted by molar-refractivity contribution is -0.115. The number of nitrogens with two attached hydrogens (primary N) is 1. The fourth-order valence-corrected chi connectivity index (χ4v) is 3.66. The summed E-state index contributed by atoms with van der Waals surface area (Å²) in [7, 11) is -4.02. The molecular formula is C17H13Cl2N3O3S. The number of carbonyl (C=O) groups is 1. The van der Waals surface area contributed by atoms with Crippen LogP contribution in [0.3, 0.4) is 0 Å². The highest BCUT2D eigenvalue weighted by molar-refractivity contribution is 7.89. The lowest BCUT2D eigenvalue weighted by atomic mass is 10.1. The highest BCUT2D eigenvalue weighted by Crippen LogP contribution is 2.28. The average Bonchev–Trinajstić information content (AvgIpc) is 2.55. The maximum atomic E-state index is 12.3. The van der Waals surface area contributed by atoms with Gasteiger partial charge in [-0.25, -0.2) is 18.5 Å². The molecule has 0 saturated carbocycles. The van der Waals surface area contributed by atoms with Gasteiger partial charge in [-0.3, -0.25) is 4.79 Å². The fraction of sp³-hybridized carbons (Fsp3) is 0.0588. The minimum atomic E-state index is -4.02. The van der Waals surface area contributed by atoms with E-state index in [-0.39, 0.29) is 28.1 Å². The minimum absolute atomic E-state index is 0.0412. The van der Waals surface area contributed by atoms with Crippen LogP contribution < -0.4 is 10.5 Å². The van der Waals surface area contributed by atoms with Gasteiger partial charge in [0.2, 0.25) is 15.9 Å². The molecule has 1 amide bonds. The van der Waals surface area contributed by atoms with Crippen LogP contribution in [0.25, 0.3) is 10.8 Å². The molecule has 3 N–H and O–H groups in total. The third kappa shape index (κ3) is 4.13. The van der Waals surface area contributed by atoms with Crippen molar-refractivity contribution in [3.05, 3.63) is 64.4 Å². The molecule has 2 aromatic carbocycles. The lowest BCUT2D eigenvalue weighted by Gasteiger charge is -2.11. The summed E-state index contributed by atoms with van der Waals surface area (Å²) in [6.07, 6.45) is 1.37. The summed E-state index contributed by atoms with van der Waals surface area (Å²) in [5.41, 5.74) is 0.937. The quantitative estimate of drug-likeness (QED) is 0.644. The molecule has 0 aliphatic rings. The highest BCUT2D eigenvalue weighted by atomic mass is 35.5. The zero-order chi connectivity index (χ0) is 18.9. The number of pyridine rings is 1. The second-order valence-electron chi connectivity index (χ2n) is 5.56. The molecule has 1 aromatic heterocycles. The molecule has 0 radical (unpaired) electrons. The van der Waals surface area contributed by atoms with Crippen LogP contribution in [0.4, 0.5) is 5.69 Å². The van der Waals surface area contributed by atoms with Gasteiger partial charge in [0.05, 0.1) is 11.3 Å². The summed E-state index contributed by atoms with van der Waals surface area (Å²) in [5.74, 6) is -0.349. The van der Waals surface area contributed by atoms with Gasteiger partial charge in [-0.2, -0.15) is 0 Å². The number of aromatic nitrogens is 1. The Balaban J connectivity index is 1.97. The topological polar surface area (TPSA) is 102 Å². The normalized spacial score (nSPS) is 11.5. The predicted molar refractivity (Wildman–Crippen MR) is 102 cm³/mol. The van der Waals surface area contributed by atoms with Gasteiger partial charge in [0.25, 0.3) is 0 Å². The number of primary sulfonamides is 1. The van der Waals surface area contributed by atoms with E-state index in [1.807, 2.05) is 0 Å². The van der Waals surface area contributed by atoms with Crippen molar-refractivity contribution in [3.63, 3.8) is 0 Å². The maximum absolute atomic E-state index is 12.3. The summed E-state index contributed by atoms with van der Waals surface area (Å²) in [4.78, 5) is 16.0. The van der Waals surface area contributed by atoms with Crippen LogP contribution in [-0.2, 0) is 21.2 Å². The minimum Gasteiger partial charge on any atom is -0.326 e. The van der Waals surface area contributed by atoms with Crippen LogP contribution in [0.2, 0.25) is 10.2 Å². The van der Waals surface area contributed by atoms with Gasteiger partial charge in [-0.1, -0.05) is 41.4 Å². The number of anilines is 1. The van der Waals surface area contributed by atoms with E-state index >= 15 is 0 Å². The molecule has 0 saturated heterocycles. The monoisotopic (exact) mass is 409 g/mol. The van der Waals surface area contributed by atoms with Crippen LogP contribution in [-0.4, -0.2) is 19.3 Å². The Morgan fingerprint density at radius 1 is 1.15 bits per heavy atom. The van der Waals surface area contributed by atoms with Crippen molar-refractivity contribution in [1.82, 2.24) is 4.98 Å². The van der Waals surface area contributed by atoms with E-state index in [4.69, 9.17) is 28.3 Å². The molecule has 3 aromatic rings. The Morgan fingerprint density at radius 3 is 2.58 bits per heavy atom. The predicted octanol–water partition coefficient (Wildman–Crippen LogP) is 3.37. The molecular weight excluding hydrogens is 397 g/mol. The lowest BCUT2D eigenvalue weighted by Crippen LogP contribution is -2.17. The van der Waals surface area contributed by atoms with Gasteiger partial charge < -0.3 is 5.32 Å². The SMILES string of the molecule is NS(=O)(=O)c1cc(NC(=O)Cc2ccccc2Cl)cc2cc(Cl)ncc12. The number of hydrogen-bond donors (Lipinski definition) is 2. The van der Waals surface area contributed by atoms with Crippen molar-refractivity contribution in [2.24, 2.45) is 5.14 Å². The van der Waals surface area contributed by atoms with E-state index in [1.165, 1.54) is 18.3 Å². The molecule has 6 nitrogen and oxygen atoms in total. The van der Waals surface area contributed by atoms with Crippen LogP contribution in [0, 0.1) is 0 Å². The molecule has 134 valence electrons. The standard InChI is InChI=1S/C17H13Cl2N3O3S/c18-14-4-2-1-3-10(14)7-17(23)22-12-5-11-6-16(19)21-9-13(11)15(8-12)26(20,24)25/h1-6,8-9H,7H2,(H,22,23)(H2,20,24,25). The smallest absolute Gasteiger partial charge is 0.238 e. The van der Waals surface area contributed by atoms with E-state index in [1.54, 1.807) is 30.3 Å². The van der Waals surface area contributed by atoms with Crippen LogP contribution >= 0.6 is 23.2 Å². The van der Waals surface area contributed by atoms with Crippen molar-refractivity contribution >= 4 is 55.6 Å². The molecule has 9 heteroatoms. The fourth-order valence-electron chi connectivity index (χ4n) is 2.53. The van der Waals surface area contributed by atoms with Crippen LogP contribution in [0.1, 0.15) is 5.56 Å². The van der Waals surface area contributed by atoms with Crippen LogP contribution in [0.5, 0.6) is 0 Å². The molecule has 1 heterocycles. The Bertz CT molecular complexity index is 1120. The second kappa shape index (κ2) is 7.20. The molecule has 0 atom stereocenters. The van der Waals surface area contributed by atoms with Gasteiger partial charge in [-0.15, -0.1) is 0 Å². The molecule has 0 spiro atoms. The first-order valence-electron chi connectivity index (χ1n) is 7.39. The largest absolute Gasteiger partial charge is 0.326 e. The van der Waals surface area contributed by atoms with Gasteiger partial charge in [0, 0.05) is 22.3 Å². The van der Waals surface area contributed by atoms with Crippen LogP contribution in [0.15, 0.2) is 53.6 Å². The summed E-state index contributed by atoms with van der Waals surface area (Å²) in [6, 6.07) is 11.4. The number of halogens is 2. The zero-order valence-electron chi connectivity index (χ0n) is 13.2. The number of hydrogen-bond acceptors (Lipinski definition) is 4. The Kier molecular flexibility index (Phi) is 5.15. The molecule has 0 aliphatic heterocycles. The van der Waals surface area contributed by atoms with E-state index in [9.17, 15) is 13.2 Å². The van der Waals surface area contributed by atoms with E-state index in [2.05, 4.69) is 10.3 Å². The number of carbonyl (C=O) groups excluding carboxylic acids is 1. The molecule has 0 bridgehead atoms. The third-order valence-corrected chi connectivity index (χ3v) is 5.19. The summed E-state index contributed by atoms with van der Waals surface area (Å²) < 4.78 is 23.8. The van der Waals surface area contributed by atoms with Gasteiger partial charge in [-0.05, 0) is 35.2 Å². The first-order chi connectivity index (χ1) is 12.2. The second-order valence-corrected chi connectivity index (χ2v) is 7.89. The summed E-state index contributed by atoms with van der Waals surface area (Å²) in [5, 5.41) is 9.42. The first-order valence-corrected chi connectivity index (χ1v) is 9.69. The molecule has 0 aliphatic carbocycles. The van der Waals surface area contributed by atoms with Gasteiger partial charge in [0.15, 0.2) is 0 Å². The Hall–Kier alpha value is -2.19. The van der Waals surface area contributed by atoms with E-state index in [0.717, 1.165) is 0 Å². The Labute approximate surface area is 160 Å².